The topological polar surface area (TPSA) is 61.4 Å². The van der Waals surface area contributed by atoms with Crippen LogP contribution in [0, 0.1) is 0 Å². The molecule has 114 valence electrons. The molecule has 1 aromatic carbocycles. The summed E-state index contributed by atoms with van der Waals surface area (Å²) in [7, 11) is 1.88. The summed E-state index contributed by atoms with van der Waals surface area (Å²) in [5.41, 5.74) is 2.17. The van der Waals surface area contributed by atoms with Crippen LogP contribution in [-0.4, -0.2) is 43.0 Å². The first-order valence-corrected chi connectivity index (χ1v) is 8.31. The Bertz CT molecular complexity index is 562. The molecule has 0 saturated carbocycles. The number of nitrogens with zero attached hydrogens (tertiary/aromatic N) is 1. The number of carbonyl (C=O) groups excluding carboxylic acids is 2. The predicted octanol–water partition coefficient (Wildman–Crippen LogP) is 1.94. The molecule has 0 aromatic heterocycles. The molecule has 1 aliphatic rings. The van der Waals surface area contributed by atoms with Gasteiger partial charge in [0.2, 0.25) is 5.91 Å². The fraction of sp³-hybridized carbons (Fsp3) is 0.467. The molecule has 1 aromatic rings. The highest BCUT2D eigenvalue weighted by Gasteiger charge is 2.27. The lowest BCUT2D eigenvalue weighted by atomic mass is 10.1. The molecule has 1 aliphatic heterocycles. The van der Waals surface area contributed by atoms with Gasteiger partial charge in [0.1, 0.15) is 6.04 Å². The summed E-state index contributed by atoms with van der Waals surface area (Å²) in [6, 6.07) is 5.30. The van der Waals surface area contributed by atoms with Gasteiger partial charge in [-0.25, -0.2) is 0 Å². The van der Waals surface area contributed by atoms with Crippen LogP contribution in [0.3, 0.4) is 0 Å². The molecule has 21 heavy (non-hydrogen) atoms. The molecule has 0 bridgehead atoms. The molecular formula is C15H21N3O2S. The number of likely N-dealkylation sites (N-methyl/N-ethyl adjacent to an activating group) is 1. The second-order valence-corrected chi connectivity index (χ2v) is 6.25. The third-order valence-corrected chi connectivity index (χ3v) is 4.48. The molecule has 1 heterocycles. The quantitative estimate of drug-likeness (QED) is 0.892. The number of thioether (sulfide) groups is 1. The van der Waals surface area contributed by atoms with Gasteiger partial charge in [-0.15, -0.1) is 0 Å². The van der Waals surface area contributed by atoms with E-state index in [0.29, 0.717) is 11.3 Å². The van der Waals surface area contributed by atoms with E-state index in [-0.39, 0.29) is 23.9 Å². The van der Waals surface area contributed by atoms with E-state index in [4.69, 9.17) is 0 Å². The Kier molecular flexibility index (Phi) is 4.77. The summed E-state index contributed by atoms with van der Waals surface area (Å²) >= 11 is 1.69. The predicted molar refractivity (Wildman–Crippen MR) is 88.2 cm³/mol. The lowest BCUT2D eigenvalue weighted by molar-refractivity contribution is -0.117. The number of carbonyl (C=O) groups is 2. The van der Waals surface area contributed by atoms with Gasteiger partial charge in [0.25, 0.3) is 5.91 Å². The number of hydrogen-bond donors (Lipinski definition) is 2. The van der Waals surface area contributed by atoms with Gasteiger partial charge < -0.3 is 15.5 Å². The summed E-state index contributed by atoms with van der Waals surface area (Å²) in [5, 5.41) is 5.80. The zero-order chi connectivity index (χ0) is 15.6. The Morgan fingerprint density at radius 2 is 2.24 bits per heavy atom. The SMILES string of the molecule is CSC[C@@H](C)NC(=O)c1ccc2c(c1)NC(=O)[C@@H](C)N2C. The van der Waals surface area contributed by atoms with E-state index < -0.39 is 0 Å². The molecule has 5 nitrogen and oxygen atoms in total. The first-order chi connectivity index (χ1) is 9.93. The second-order valence-electron chi connectivity index (χ2n) is 5.34. The van der Waals surface area contributed by atoms with Gasteiger partial charge in [-0.05, 0) is 38.3 Å². The third kappa shape index (κ3) is 3.32. The highest BCUT2D eigenvalue weighted by atomic mass is 32.2. The average molecular weight is 307 g/mol. The number of hydrogen-bond acceptors (Lipinski definition) is 4. The normalized spacial score (nSPS) is 18.8. The average Bonchev–Trinajstić information content (AvgIpc) is 2.44. The van der Waals surface area contributed by atoms with Crippen LogP contribution in [0.1, 0.15) is 24.2 Å². The monoisotopic (exact) mass is 307 g/mol. The van der Waals surface area contributed by atoms with E-state index in [9.17, 15) is 9.59 Å². The minimum atomic E-state index is -0.209. The maximum Gasteiger partial charge on any atom is 0.251 e. The van der Waals surface area contributed by atoms with Crippen molar-refractivity contribution in [1.29, 1.82) is 0 Å². The van der Waals surface area contributed by atoms with Crippen LogP contribution in [0.4, 0.5) is 11.4 Å². The van der Waals surface area contributed by atoms with Crippen LogP contribution in [0.5, 0.6) is 0 Å². The van der Waals surface area contributed by atoms with Crippen molar-refractivity contribution in [1.82, 2.24) is 5.32 Å². The Hall–Kier alpha value is -1.69. The molecule has 0 radical (unpaired) electrons. The molecule has 2 N–H and O–H groups in total. The Labute approximate surface area is 129 Å². The smallest absolute Gasteiger partial charge is 0.251 e. The second kappa shape index (κ2) is 6.39. The van der Waals surface area contributed by atoms with Crippen molar-refractivity contribution in [3.8, 4) is 0 Å². The number of benzene rings is 1. The van der Waals surface area contributed by atoms with Crippen LogP contribution in [0.2, 0.25) is 0 Å². The molecule has 6 heteroatoms. The Balaban J connectivity index is 2.20. The maximum atomic E-state index is 12.2. The van der Waals surface area contributed by atoms with Crippen molar-refractivity contribution >= 4 is 35.0 Å². The fourth-order valence-electron chi connectivity index (χ4n) is 2.31. The van der Waals surface area contributed by atoms with E-state index in [1.54, 1.807) is 23.9 Å². The van der Waals surface area contributed by atoms with Crippen LogP contribution < -0.4 is 15.5 Å². The number of amides is 2. The van der Waals surface area contributed by atoms with Crippen molar-refractivity contribution in [2.24, 2.45) is 0 Å². The molecule has 0 saturated heterocycles. The number of anilines is 2. The molecule has 0 spiro atoms. The summed E-state index contributed by atoms with van der Waals surface area (Å²) in [4.78, 5) is 26.0. The van der Waals surface area contributed by atoms with Gasteiger partial charge in [-0.1, -0.05) is 0 Å². The summed E-state index contributed by atoms with van der Waals surface area (Å²) < 4.78 is 0. The molecule has 0 unspecified atom stereocenters. The largest absolute Gasteiger partial charge is 0.361 e. The van der Waals surface area contributed by atoms with E-state index in [1.807, 2.05) is 38.1 Å². The van der Waals surface area contributed by atoms with Crippen LogP contribution >= 0.6 is 11.8 Å². The first kappa shape index (κ1) is 15.7. The van der Waals surface area contributed by atoms with Crippen molar-refractivity contribution < 1.29 is 9.59 Å². The number of fused-ring (bicyclic) bond motifs is 1. The van der Waals surface area contributed by atoms with E-state index in [1.165, 1.54) is 0 Å². The molecule has 2 atom stereocenters. The Morgan fingerprint density at radius 3 is 2.90 bits per heavy atom. The fourth-order valence-corrected chi connectivity index (χ4v) is 2.89. The van der Waals surface area contributed by atoms with E-state index in [0.717, 1.165) is 11.4 Å². The van der Waals surface area contributed by atoms with Gasteiger partial charge in [0.15, 0.2) is 0 Å². The summed E-state index contributed by atoms with van der Waals surface area (Å²) in [6.45, 7) is 3.83. The van der Waals surface area contributed by atoms with Crippen molar-refractivity contribution in [3.63, 3.8) is 0 Å². The molecular weight excluding hydrogens is 286 g/mol. The van der Waals surface area contributed by atoms with Crippen LogP contribution in [0.25, 0.3) is 0 Å². The van der Waals surface area contributed by atoms with Gasteiger partial charge in [0.05, 0.1) is 11.4 Å². The summed E-state index contributed by atoms with van der Waals surface area (Å²) in [6.07, 6.45) is 2.01. The van der Waals surface area contributed by atoms with Gasteiger partial charge in [-0.3, -0.25) is 9.59 Å². The maximum absolute atomic E-state index is 12.2. The minimum absolute atomic E-state index is 0.0571. The van der Waals surface area contributed by atoms with Crippen LogP contribution in [-0.2, 0) is 4.79 Å². The van der Waals surface area contributed by atoms with Gasteiger partial charge in [0, 0.05) is 24.4 Å². The van der Waals surface area contributed by atoms with E-state index >= 15 is 0 Å². The molecule has 2 amide bonds. The molecule has 0 fully saturated rings. The standard InChI is InChI=1S/C15H21N3O2S/c1-9(8-21-4)16-15(20)11-5-6-13-12(7-11)17-14(19)10(2)18(13)3/h5-7,9-10H,8H2,1-4H3,(H,16,20)(H,17,19)/t9-,10-/m1/s1. The highest BCUT2D eigenvalue weighted by Crippen LogP contribution is 2.31. The molecule has 0 aliphatic carbocycles. The number of rotatable bonds is 4. The lowest BCUT2D eigenvalue weighted by Gasteiger charge is -2.33. The zero-order valence-corrected chi connectivity index (χ0v) is 13.6. The van der Waals surface area contributed by atoms with Crippen LogP contribution in [0.15, 0.2) is 18.2 Å². The molecule has 2 rings (SSSR count). The third-order valence-electron chi connectivity index (χ3n) is 3.65. The lowest BCUT2D eigenvalue weighted by Crippen LogP contribution is -2.44. The first-order valence-electron chi connectivity index (χ1n) is 6.91. The van der Waals surface area contributed by atoms with Crippen molar-refractivity contribution in [2.75, 3.05) is 29.3 Å². The summed E-state index contributed by atoms with van der Waals surface area (Å²) in [5.74, 6) is 0.696. The zero-order valence-electron chi connectivity index (χ0n) is 12.8. The Morgan fingerprint density at radius 1 is 1.52 bits per heavy atom. The highest BCUT2D eigenvalue weighted by molar-refractivity contribution is 7.98. The van der Waals surface area contributed by atoms with Gasteiger partial charge in [-0.2, -0.15) is 11.8 Å². The van der Waals surface area contributed by atoms with Gasteiger partial charge >= 0.3 is 0 Å². The minimum Gasteiger partial charge on any atom is -0.361 e. The van der Waals surface area contributed by atoms with E-state index in [2.05, 4.69) is 10.6 Å². The van der Waals surface area contributed by atoms with Crippen molar-refractivity contribution in [2.45, 2.75) is 25.9 Å². The van der Waals surface area contributed by atoms with Crippen molar-refractivity contribution in [3.05, 3.63) is 23.8 Å². The number of nitrogens with one attached hydrogen (secondary N) is 2.